The van der Waals surface area contributed by atoms with Gasteiger partial charge in [-0.2, -0.15) is 0 Å². The number of nitrogens with zero attached hydrogens (tertiary/aromatic N) is 2. The number of ether oxygens (including phenoxy) is 1. The number of rotatable bonds is 2. The van der Waals surface area contributed by atoms with Crippen molar-refractivity contribution in [3.63, 3.8) is 0 Å². The van der Waals surface area contributed by atoms with E-state index in [1.165, 1.54) is 6.07 Å². The highest BCUT2D eigenvalue weighted by atomic mass is 35.5. The summed E-state index contributed by atoms with van der Waals surface area (Å²) in [5.41, 5.74) is 6.36. The van der Waals surface area contributed by atoms with Crippen molar-refractivity contribution in [3.8, 4) is 0 Å². The number of primary amides is 1. The Morgan fingerprint density at radius 2 is 1.97 bits per heavy atom. The van der Waals surface area contributed by atoms with Crippen LogP contribution in [0.15, 0.2) is 6.07 Å². The van der Waals surface area contributed by atoms with Crippen LogP contribution in [-0.4, -0.2) is 53.2 Å². The van der Waals surface area contributed by atoms with Crippen molar-refractivity contribution in [2.75, 3.05) is 24.5 Å². The molecule has 3 heterocycles. The molecule has 2 aromatic rings. The van der Waals surface area contributed by atoms with Crippen molar-refractivity contribution in [3.05, 3.63) is 28.2 Å². The Labute approximate surface area is 185 Å². The number of nitrogens with one attached hydrogen (secondary N) is 1. The maximum Gasteiger partial charge on any atom is 0.410 e. The Kier molecular flexibility index (Phi) is 5.32. The van der Waals surface area contributed by atoms with E-state index in [9.17, 15) is 9.59 Å². The molecule has 0 aliphatic carbocycles. The Morgan fingerprint density at radius 1 is 1.29 bits per heavy atom. The number of halogens is 2. The van der Waals surface area contributed by atoms with Gasteiger partial charge in [-0.05, 0) is 52.5 Å². The predicted octanol–water partition coefficient (Wildman–Crippen LogP) is 4.20. The number of carbonyl (C=O) groups excluding carboxylic acids is 2. The van der Waals surface area contributed by atoms with Gasteiger partial charge in [-0.1, -0.05) is 11.6 Å². The van der Waals surface area contributed by atoms with E-state index in [1.807, 2.05) is 25.7 Å². The van der Waals surface area contributed by atoms with Crippen LogP contribution in [0.4, 0.5) is 14.9 Å². The minimum absolute atomic E-state index is 0.0670. The number of hydrogen-bond acceptors (Lipinski definition) is 4. The summed E-state index contributed by atoms with van der Waals surface area (Å²) in [4.78, 5) is 31.4. The highest BCUT2D eigenvalue weighted by Crippen LogP contribution is 2.42. The molecule has 31 heavy (non-hydrogen) atoms. The van der Waals surface area contributed by atoms with Crippen LogP contribution in [-0.2, 0) is 4.74 Å². The smallest absolute Gasteiger partial charge is 0.410 e. The second-order valence-corrected chi connectivity index (χ2v) is 9.84. The van der Waals surface area contributed by atoms with Gasteiger partial charge in [0, 0.05) is 30.7 Å². The number of carbonyl (C=O) groups is 2. The number of likely N-dealkylation sites (tertiary alicyclic amines) is 1. The Bertz CT molecular complexity index is 1060. The Hall–Kier alpha value is -2.48. The Balaban J connectivity index is 1.71. The summed E-state index contributed by atoms with van der Waals surface area (Å²) < 4.78 is 20.9. The van der Waals surface area contributed by atoms with Crippen LogP contribution in [0.3, 0.4) is 0 Å². The predicted molar refractivity (Wildman–Crippen MR) is 118 cm³/mol. The molecule has 0 saturated carbocycles. The molecule has 2 fully saturated rings. The van der Waals surface area contributed by atoms with Crippen LogP contribution < -0.4 is 10.6 Å². The highest BCUT2D eigenvalue weighted by Gasteiger charge is 2.43. The van der Waals surface area contributed by atoms with Crippen molar-refractivity contribution in [1.82, 2.24) is 9.88 Å². The summed E-state index contributed by atoms with van der Waals surface area (Å²) in [5.74, 6) is -0.933. The molecule has 9 heteroatoms. The zero-order valence-electron chi connectivity index (χ0n) is 18.2. The molecule has 2 unspecified atom stereocenters. The first-order valence-corrected chi connectivity index (χ1v) is 10.9. The molecule has 4 rings (SSSR count). The number of hydrogen-bond donors (Lipinski definition) is 2. The van der Waals surface area contributed by atoms with Gasteiger partial charge in [-0.15, -0.1) is 0 Å². The van der Waals surface area contributed by atoms with Gasteiger partial charge in [0.05, 0.1) is 27.8 Å². The molecule has 3 N–H and O–H groups in total. The van der Waals surface area contributed by atoms with Crippen molar-refractivity contribution in [1.29, 1.82) is 0 Å². The summed E-state index contributed by atoms with van der Waals surface area (Å²) in [6.45, 7) is 9.01. The number of fused-ring (bicyclic) bond motifs is 2. The molecule has 0 bridgehead atoms. The molecule has 0 spiro atoms. The Morgan fingerprint density at radius 3 is 2.61 bits per heavy atom. The van der Waals surface area contributed by atoms with Crippen LogP contribution >= 0.6 is 11.6 Å². The number of anilines is 1. The molecule has 7 nitrogen and oxygen atoms in total. The minimum Gasteiger partial charge on any atom is -0.444 e. The standard InChI is InChI=1S/C22H28ClFN4O3/c1-11-17(23)16-18(26-11)13(20(25)29)9-14(24)19(16)27-7-5-12-6-8-28(15(12)10-27)21(30)31-22(2,3)4/h9,12,15,26H,5-8,10H2,1-4H3,(H2,25,29). The number of piperidine rings is 1. The topological polar surface area (TPSA) is 91.7 Å². The zero-order chi connectivity index (χ0) is 22.7. The fourth-order valence-electron chi connectivity index (χ4n) is 4.81. The first kappa shape index (κ1) is 21.7. The van der Waals surface area contributed by atoms with E-state index in [4.69, 9.17) is 22.1 Å². The largest absolute Gasteiger partial charge is 0.444 e. The lowest BCUT2D eigenvalue weighted by Crippen LogP contribution is -2.51. The summed E-state index contributed by atoms with van der Waals surface area (Å²) >= 11 is 6.52. The van der Waals surface area contributed by atoms with Crippen molar-refractivity contribution in [2.45, 2.75) is 52.2 Å². The lowest BCUT2D eigenvalue weighted by Gasteiger charge is -2.40. The van der Waals surface area contributed by atoms with Gasteiger partial charge in [-0.25, -0.2) is 9.18 Å². The maximum atomic E-state index is 15.3. The number of H-pyrrole nitrogens is 1. The molecular formula is C22H28ClFN4O3. The van der Waals surface area contributed by atoms with Gasteiger partial charge >= 0.3 is 6.09 Å². The van der Waals surface area contributed by atoms with Gasteiger partial charge in [0.25, 0.3) is 5.91 Å². The number of aromatic nitrogens is 1. The molecule has 2 aliphatic rings. The summed E-state index contributed by atoms with van der Waals surface area (Å²) in [6.07, 6.45) is 1.39. The average Bonchev–Trinajstić information content (AvgIpc) is 3.21. The normalized spacial score (nSPS) is 21.5. The van der Waals surface area contributed by atoms with Crippen molar-refractivity contribution >= 4 is 40.2 Å². The van der Waals surface area contributed by atoms with Crippen LogP contribution in [0.25, 0.3) is 10.9 Å². The van der Waals surface area contributed by atoms with Crippen LogP contribution in [0.2, 0.25) is 5.02 Å². The number of aromatic amines is 1. The lowest BCUT2D eigenvalue weighted by molar-refractivity contribution is 0.0203. The van der Waals surface area contributed by atoms with Crippen LogP contribution in [0, 0.1) is 18.7 Å². The van der Waals surface area contributed by atoms with Crippen LogP contribution in [0.5, 0.6) is 0 Å². The molecule has 1 aromatic heterocycles. The van der Waals surface area contributed by atoms with Gasteiger partial charge in [-0.3, -0.25) is 4.79 Å². The summed E-state index contributed by atoms with van der Waals surface area (Å²) in [6, 6.07) is 1.09. The monoisotopic (exact) mass is 450 g/mol. The van der Waals surface area contributed by atoms with E-state index in [2.05, 4.69) is 4.98 Å². The third-order valence-corrected chi connectivity index (χ3v) is 6.66. The average molecular weight is 451 g/mol. The first-order valence-electron chi connectivity index (χ1n) is 10.5. The molecule has 168 valence electrons. The minimum atomic E-state index is -0.723. The van der Waals surface area contributed by atoms with E-state index in [-0.39, 0.29) is 17.7 Å². The van der Waals surface area contributed by atoms with E-state index < -0.39 is 17.3 Å². The summed E-state index contributed by atoms with van der Waals surface area (Å²) in [7, 11) is 0. The van der Waals surface area contributed by atoms with E-state index in [1.54, 1.807) is 11.8 Å². The lowest BCUT2D eigenvalue weighted by atomic mass is 9.91. The maximum absolute atomic E-state index is 15.3. The SMILES string of the molecule is Cc1[nH]c2c(C(N)=O)cc(F)c(N3CCC4CCN(C(=O)OC(C)(C)C)C4C3)c2c1Cl. The van der Waals surface area contributed by atoms with Crippen molar-refractivity contribution < 1.29 is 18.7 Å². The fraction of sp³-hybridized carbons (Fsp3) is 0.545. The molecule has 2 aliphatic heterocycles. The third kappa shape index (κ3) is 3.82. The zero-order valence-corrected chi connectivity index (χ0v) is 19.0. The van der Waals surface area contributed by atoms with E-state index >= 15 is 4.39 Å². The second-order valence-electron chi connectivity index (χ2n) is 9.46. The third-order valence-electron chi connectivity index (χ3n) is 6.19. The molecular weight excluding hydrogens is 423 g/mol. The van der Waals surface area contributed by atoms with Crippen molar-refractivity contribution in [2.24, 2.45) is 11.7 Å². The highest BCUT2D eigenvalue weighted by molar-refractivity contribution is 6.38. The van der Waals surface area contributed by atoms with Gasteiger partial charge < -0.3 is 25.3 Å². The molecule has 0 radical (unpaired) electrons. The second kappa shape index (κ2) is 7.58. The first-order chi connectivity index (χ1) is 14.5. The number of nitrogens with two attached hydrogens (primary N) is 1. The summed E-state index contributed by atoms with van der Waals surface area (Å²) in [5, 5.41) is 0.817. The number of benzene rings is 1. The van der Waals surface area contributed by atoms with Gasteiger partial charge in [0.2, 0.25) is 0 Å². The molecule has 1 aromatic carbocycles. The van der Waals surface area contributed by atoms with Crippen LogP contribution in [0.1, 0.15) is 49.7 Å². The van der Waals surface area contributed by atoms with Gasteiger partial charge in [0.1, 0.15) is 11.4 Å². The molecule has 2 amide bonds. The number of amides is 2. The molecule has 2 saturated heterocycles. The van der Waals surface area contributed by atoms with E-state index in [0.717, 1.165) is 12.8 Å². The van der Waals surface area contributed by atoms with E-state index in [0.29, 0.717) is 52.9 Å². The van der Waals surface area contributed by atoms with Gasteiger partial charge in [0.15, 0.2) is 0 Å². The number of aryl methyl sites for hydroxylation is 1. The quantitative estimate of drug-likeness (QED) is 0.717. The molecule has 2 atom stereocenters. The fourth-order valence-corrected chi connectivity index (χ4v) is 5.04.